The number of anilines is 3. The second-order valence-electron chi connectivity index (χ2n) is 9.45. The van der Waals surface area contributed by atoms with Crippen LogP contribution in [0.3, 0.4) is 0 Å². The summed E-state index contributed by atoms with van der Waals surface area (Å²) in [6, 6.07) is 11.9. The van der Waals surface area contributed by atoms with E-state index >= 15 is 0 Å². The Hall–Kier alpha value is -2.96. The van der Waals surface area contributed by atoms with E-state index in [-0.39, 0.29) is 47.3 Å². The Kier molecular flexibility index (Phi) is 7.47. The molecule has 0 aromatic heterocycles. The number of benzene rings is 2. The highest BCUT2D eigenvalue weighted by molar-refractivity contribution is 7.89. The minimum atomic E-state index is -4.17. The predicted octanol–water partition coefficient (Wildman–Crippen LogP) is 2.65. The SMILES string of the molecule is CC[C@@H](Nc1c(Nc2ccc(Cl)c(S(=O)(=O)N3CCN4CCOCC4C3)c2O)c(=O)c1=O)c1ccccc1. The van der Waals surface area contributed by atoms with Gasteiger partial charge in [0.15, 0.2) is 5.75 Å². The van der Waals surface area contributed by atoms with Gasteiger partial charge in [0.05, 0.1) is 30.0 Å². The van der Waals surface area contributed by atoms with Crippen LogP contribution in [-0.4, -0.2) is 68.2 Å². The van der Waals surface area contributed by atoms with Crippen LogP contribution in [0, 0.1) is 0 Å². The van der Waals surface area contributed by atoms with E-state index in [9.17, 15) is 23.1 Å². The number of nitrogens with zero attached hydrogens (tertiary/aromatic N) is 2. The van der Waals surface area contributed by atoms with Crippen molar-refractivity contribution in [1.82, 2.24) is 9.21 Å². The fourth-order valence-corrected chi connectivity index (χ4v) is 7.08. The summed E-state index contributed by atoms with van der Waals surface area (Å²) in [5, 5.41) is 16.8. The number of phenolic OH excluding ortho intramolecular Hbond substituents is 1. The van der Waals surface area contributed by atoms with E-state index < -0.39 is 31.5 Å². The van der Waals surface area contributed by atoms with Crippen molar-refractivity contribution in [2.24, 2.45) is 0 Å². The summed E-state index contributed by atoms with van der Waals surface area (Å²) >= 11 is 6.29. The highest BCUT2D eigenvalue weighted by Gasteiger charge is 2.38. The Morgan fingerprint density at radius 3 is 2.55 bits per heavy atom. The number of aromatic hydroxyl groups is 1. The number of piperazine rings is 1. The van der Waals surface area contributed by atoms with Gasteiger partial charge >= 0.3 is 0 Å². The molecule has 2 aliphatic rings. The zero-order valence-corrected chi connectivity index (χ0v) is 22.4. The van der Waals surface area contributed by atoms with Gasteiger partial charge in [0.1, 0.15) is 16.3 Å². The first kappa shape index (κ1) is 26.6. The molecule has 2 heterocycles. The third-order valence-electron chi connectivity index (χ3n) is 7.18. The van der Waals surface area contributed by atoms with Gasteiger partial charge in [-0.15, -0.1) is 0 Å². The lowest BCUT2D eigenvalue weighted by atomic mass is 10.0. The van der Waals surface area contributed by atoms with E-state index in [0.29, 0.717) is 26.2 Å². The van der Waals surface area contributed by atoms with E-state index in [1.165, 1.54) is 16.4 Å². The maximum absolute atomic E-state index is 13.6. The average molecular weight is 561 g/mol. The molecule has 10 nitrogen and oxygen atoms in total. The first-order chi connectivity index (χ1) is 18.2. The number of hydrogen-bond acceptors (Lipinski definition) is 9. The third kappa shape index (κ3) is 4.80. The van der Waals surface area contributed by atoms with Gasteiger partial charge in [-0.25, -0.2) is 8.42 Å². The summed E-state index contributed by atoms with van der Waals surface area (Å²) in [7, 11) is -4.17. The topological polar surface area (TPSA) is 128 Å². The fourth-order valence-electron chi connectivity index (χ4n) is 5.02. The Labute approximate surface area is 225 Å². The van der Waals surface area contributed by atoms with Crippen LogP contribution in [-0.2, 0) is 14.8 Å². The monoisotopic (exact) mass is 560 g/mol. The molecule has 0 bridgehead atoms. The Bertz CT molecular complexity index is 1510. The van der Waals surface area contributed by atoms with Crippen molar-refractivity contribution in [3.05, 3.63) is 73.5 Å². The number of rotatable bonds is 8. The third-order valence-corrected chi connectivity index (χ3v) is 9.55. The summed E-state index contributed by atoms with van der Waals surface area (Å²) in [5.41, 5.74) is -0.509. The van der Waals surface area contributed by atoms with E-state index in [4.69, 9.17) is 16.3 Å². The second-order valence-corrected chi connectivity index (χ2v) is 11.7. The standard InChI is InChI=1S/C26H29ClN4O6S/c1-2-19(16-6-4-3-5-7-16)28-21-22(25(34)24(21)33)29-20-9-8-18(27)26(23(20)32)38(35,36)31-11-10-30-12-13-37-15-17(30)14-31/h3-9,17,19,28-29,32H,2,10-15H2,1H3/t17?,19-/m1/s1. The van der Waals surface area contributed by atoms with E-state index in [2.05, 4.69) is 15.5 Å². The predicted molar refractivity (Wildman–Crippen MR) is 146 cm³/mol. The summed E-state index contributed by atoms with van der Waals surface area (Å²) in [5.74, 6) is -0.617. The minimum absolute atomic E-state index is 0.0432. The highest BCUT2D eigenvalue weighted by Crippen LogP contribution is 2.40. The van der Waals surface area contributed by atoms with Crippen molar-refractivity contribution in [1.29, 1.82) is 0 Å². The molecule has 5 rings (SSSR count). The summed E-state index contributed by atoms with van der Waals surface area (Å²) in [6.45, 7) is 4.73. The lowest BCUT2D eigenvalue weighted by molar-refractivity contribution is -0.0304. The first-order valence-electron chi connectivity index (χ1n) is 12.5. The molecule has 3 aromatic carbocycles. The van der Waals surface area contributed by atoms with Crippen LogP contribution >= 0.6 is 11.6 Å². The van der Waals surface area contributed by atoms with Gasteiger partial charge in [-0.1, -0.05) is 48.9 Å². The number of fused-ring (bicyclic) bond motifs is 1. The van der Waals surface area contributed by atoms with E-state index in [1.807, 2.05) is 37.3 Å². The molecule has 0 spiro atoms. The molecule has 3 N–H and O–H groups in total. The van der Waals surface area contributed by atoms with Gasteiger partial charge in [0.2, 0.25) is 10.0 Å². The lowest BCUT2D eigenvalue weighted by Gasteiger charge is -2.43. The quantitative estimate of drug-likeness (QED) is 0.281. The van der Waals surface area contributed by atoms with Crippen LogP contribution in [0.15, 0.2) is 56.9 Å². The molecule has 0 radical (unpaired) electrons. The average Bonchev–Trinajstić information content (AvgIpc) is 2.93. The summed E-state index contributed by atoms with van der Waals surface area (Å²) in [6.07, 6.45) is 0.649. The lowest BCUT2D eigenvalue weighted by Crippen LogP contribution is -2.59. The number of ether oxygens (including phenoxy) is 1. The van der Waals surface area contributed by atoms with Gasteiger partial charge in [0.25, 0.3) is 10.9 Å². The molecular formula is C26H29ClN4O6S. The molecule has 2 atom stereocenters. The molecule has 2 aliphatic heterocycles. The van der Waals surface area contributed by atoms with Crippen LogP contribution in [0.5, 0.6) is 5.75 Å². The van der Waals surface area contributed by atoms with Crippen LogP contribution < -0.4 is 21.5 Å². The largest absolute Gasteiger partial charge is 0.504 e. The van der Waals surface area contributed by atoms with Crippen molar-refractivity contribution in [3.8, 4) is 5.75 Å². The van der Waals surface area contributed by atoms with Crippen LogP contribution in [0.1, 0.15) is 24.9 Å². The van der Waals surface area contributed by atoms with Crippen molar-refractivity contribution >= 4 is 38.7 Å². The van der Waals surface area contributed by atoms with Gasteiger partial charge in [0, 0.05) is 32.2 Å². The van der Waals surface area contributed by atoms with Gasteiger partial charge in [-0.05, 0) is 24.1 Å². The minimum Gasteiger partial charge on any atom is -0.504 e. The van der Waals surface area contributed by atoms with Crippen molar-refractivity contribution < 1.29 is 18.3 Å². The second kappa shape index (κ2) is 10.7. The molecule has 2 saturated heterocycles. The van der Waals surface area contributed by atoms with E-state index in [0.717, 1.165) is 12.1 Å². The van der Waals surface area contributed by atoms with Crippen LogP contribution in [0.25, 0.3) is 0 Å². The maximum Gasteiger partial charge on any atom is 0.253 e. The molecule has 3 aromatic rings. The maximum atomic E-state index is 13.6. The molecule has 2 fully saturated rings. The summed E-state index contributed by atoms with van der Waals surface area (Å²) in [4.78, 5) is 26.6. The molecule has 1 unspecified atom stereocenters. The van der Waals surface area contributed by atoms with Crippen LogP contribution in [0.2, 0.25) is 5.02 Å². The zero-order chi connectivity index (χ0) is 27.0. The number of nitrogens with one attached hydrogen (secondary N) is 2. The van der Waals surface area contributed by atoms with E-state index in [1.54, 1.807) is 0 Å². The van der Waals surface area contributed by atoms with Gasteiger partial charge in [-0.3, -0.25) is 14.5 Å². The smallest absolute Gasteiger partial charge is 0.253 e. The molecule has 0 aliphatic carbocycles. The van der Waals surface area contributed by atoms with Crippen molar-refractivity contribution in [2.75, 3.05) is 50.0 Å². The first-order valence-corrected chi connectivity index (χ1v) is 14.3. The Morgan fingerprint density at radius 2 is 1.82 bits per heavy atom. The van der Waals surface area contributed by atoms with Crippen LogP contribution in [0.4, 0.5) is 17.1 Å². The zero-order valence-electron chi connectivity index (χ0n) is 20.8. The molecule has 38 heavy (non-hydrogen) atoms. The Balaban J connectivity index is 1.42. The number of sulfonamides is 1. The van der Waals surface area contributed by atoms with Gasteiger partial charge < -0.3 is 20.5 Å². The molecule has 202 valence electrons. The van der Waals surface area contributed by atoms with Crippen molar-refractivity contribution in [2.45, 2.75) is 30.3 Å². The summed E-state index contributed by atoms with van der Waals surface area (Å²) < 4.78 is 34.0. The fraction of sp³-hybridized carbons (Fsp3) is 0.385. The van der Waals surface area contributed by atoms with Crippen molar-refractivity contribution in [3.63, 3.8) is 0 Å². The number of phenols is 1. The number of hydrogen-bond donors (Lipinski definition) is 3. The molecule has 0 saturated carbocycles. The molecule has 12 heteroatoms. The Morgan fingerprint density at radius 1 is 1.08 bits per heavy atom. The number of halogens is 1. The molecular weight excluding hydrogens is 532 g/mol. The number of morpholine rings is 1. The molecule has 0 amide bonds. The van der Waals surface area contributed by atoms with Gasteiger partial charge in [-0.2, -0.15) is 4.31 Å². The highest BCUT2D eigenvalue weighted by atomic mass is 35.5. The normalized spacial score (nSPS) is 19.7.